The fourth-order valence-electron chi connectivity index (χ4n) is 1.43. The molecule has 94 valence electrons. The van der Waals surface area contributed by atoms with Gasteiger partial charge in [-0.1, -0.05) is 29.8 Å². The van der Waals surface area contributed by atoms with Gasteiger partial charge in [-0.25, -0.2) is 4.98 Å². The van der Waals surface area contributed by atoms with Gasteiger partial charge in [0.2, 0.25) is 5.88 Å². The molecule has 0 bridgehead atoms. The second-order valence-electron chi connectivity index (χ2n) is 3.84. The molecule has 0 saturated heterocycles. The van der Waals surface area contributed by atoms with E-state index in [2.05, 4.69) is 4.98 Å². The highest BCUT2D eigenvalue weighted by atomic mass is 35.5. The van der Waals surface area contributed by atoms with Crippen LogP contribution in [0.4, 0.5) is 0 Å². The van der Waals surface area contributed by atoms with Gasteiger partial charge in [-0.3, -0.25) is 0 Å². The molecule has 0 aliphatic carbocycles. The Kier molecular flexibility index (Phi) is 4.42. The maximum absolute atomic E-state index is 6.01. The zero-order valence-corrected chi connectivity index (χ0v) is 10.8. The molecule has 3 nitrogen and oxygen atoms in total. The zero-order chi connectivity index (χ0) is 12.8. The van der Waals surface area contributed by atoms with E-state index in [-0.39, 0.29) is 6.10 Å². The van der Waals surface area contributed by atoms with Crippen molar-refractivity contribution in [3.05, 3.63) is 53.7 Å². The van der Waals surface area contributed by atoms with Gasteiger partial charge in [-0.15, -0.1) is 0 Å². The molecule has 0 aliphatic heterocycles. The molecule has 0 fully saturated rings. The van der Waals surface area contributed by atoms with Crippen LogP contribution in [-0.4, -0.2) is 17.7 Å². The van der Waals surface area contributed by atoms with E-state index in [1.54, 1.807) is 12.3 Å². The van der Waals surface area contributed by atoms with E-state index in [1.165, 1.54) is 0 Å². The van der Waals surface area contributed by atoms with Gasteiger partial charge in [0.1, 0.15) is 18.5 Å². The van der Waals surface area contributed by atoms with E-state index in [4.69, 9.17) is 21.1 Å². The number of hydrogen-bond acceptors (Lipinski definition) is 3. The topological polar surface area (TPSA) is 31.4 Å². The fraction of sp³-hybridized carbons (Fsp3) is 0.214. The molecule has 0 N–H and O–H groups in total. The van der Waals surface area contributed by atoms with Gasteiger partial charge < -0.3 is 9.47 Å². The average molecular weight is 264 g/mol. The number of hydrogen-bond donors (Lipinski definition) is 0. The lowest BCUT2D eigenvalue weighted by molar-refractivity contribution is 0.140. The van der Waals surface area contributed by atoms with Crippen molar-refractivity contribution in [3.63, 3.8) is 0 Å². The maximum Gasteiger partial charge on any atom is 0.213 e. The summed E-state index contributed by atoms with van der Waals surface area (Å²) in [5, 5.41) is 0.599. The molecule has 1 aromatic heterocycles. The van der Waals surface area contributed by atoms with Crippen LogP contribution in [0.5, 0.6) is 11.6 Å². The van der Waals surface area contributed by atoms with Crippen molar-refractivity contribution < 1.29 is 9.47 Å². The van der Waals surface area contributed by atoms with E-state index in [0.717, 1.165) is 0 Å². The van der Waals surface area contributed by atoms with Crippen molar-refractivity contribution >= 4 is 11.6 Å². The highest BCUT2D eigenvalue weighted by Crippen LogP contribution is 2.24. The van der Waals surface area contributed by atoms with Crippen LogP contribution in [0.15, 0.2) is 48.7 Å². The normalized spacial score (nSPS) is 11.9. The summed E-state index contributed by atoms with van der Waals surface area (Å²) >= 11 is 6.01. The molecule has 0 spiro atoms. The largest absolute Gasteiger partial charge is 0.486 e. The van der Waals surface area contributed by atoms with Crippen LogP contribution in [0.2, 0.25) is 5.02 Å². The SMILES string of the molecule is CC(COc1ccccn1)Oc1ccccc1Cl. The Labute approximate surface area is 111 Å². The van der Waals surface area contributed by atoms with E-state index < -0.39 is 0 Å². The molecule has 2 aromatic rings. The number of pyridine rings is 1. The van der Waals surface area contributed by atoms with Crippen molar-refractivity contribution in [2.75, 3.05) is 6.61 Å². The third-order valence-electron chi connectivity index (χ3n) is 2.27. The number of halogens is 1. The number of rotatable bonds is 5. The summed E-state index contributed by atoms with van der Waals surface area (Å²) in [5.74, 6) is 1.25. The first-order valence-electron chi connectivity index (χ1n) is 5.71. The quantitative estimate of drug-likeness (QED) is 0.826. The Bertz CT molecular complexity index is 490. The van der Waals surface area contributed by atoms with Crippen molar-refractivity contribution in [3.8, 4) is 11.6 Å². The summed E-state index contributed by atoms with van der Waals surface area (Å²) in [7, 11) is 0. The number of benzene rings is 1. The molecular formula is C14H14ClNO2. The Morgan fingerprint density at radius 2 is 1.94 bits per heavy atom. The predicted molar refractivity (Wildman–Crippen MR) is 71.3 cm³/mol. The van der Waals surface area contributed by atoms with Crippen LogP contribution in [0.3, 0.4) is 0 Å². The Morgan fingerprint density at radius 1 is 1.17 bits per heavy atom. The number of para-hydroxylation sites is 1. The summed E-state index contributed by atoms with van der Waals surface area (Å²) in [6, 6.07) is 12.9. The van der Waals surface area contributed by atoms with Gasteiger partial charge in [0.05, 0.1) is 5.02 Å². The van der Waals surface area contributed by atoms with Gasteiger partial charge in [0.25, 0.3) is 0 Å². The minimum absolute atomic E-state index is 0.105. The minimum atomic E-state index is -0.105. The third kappa shape index (κ3) is 3.64. The molecule has 0 aliphatic rings. The lowest BCUT2D eigenvalue weighted by atomic mass is 10.3. The van der Waals surface area contributed by atoms with Gasteiger partial charge >= 0.3 is 0 Å². The smallest absolute Gasteiger partial charge is 0.213 e. The average Bonchev–Trinajstić information content (AvgIpc) is 2.40. The predicted octanol–water partition coefficient (Wildman–Crippen LogP) is 3.58. The molecule has 0 saturated carbocycles. The van der Waals surface area contributed by atoms with E-state index in [0.29, 0.717) is 23.3 Å². The second kappa shape index (κ2) is 6.26. The van der Waals surface area contributed by atoms with Crippen molar-refractivity contribution in [1.29, 1.82) is 0 Å². The fourth-order valence-corrected chi connectivity index (χ4v) is 1.61. The second-order valence-corrected chi connectivity index (χ2v) is 4.25. The summed E-state index contributed by atoms with van der Waals surface area (Å²) in [4.78, 5) is 4.07. The highest BCUT2D eigenvalue weighted by Gasteiger charge is 2.07. The van der Waals surface area contributed by atoms with Crippen LogP contribution in [0.1, 0.15) is 6.92 Å². The first-order valence-corrected chi connectivity index (χ1v) is 6.08. The molecule has 1 unspecified atom stereocenters. The van der Waals surface area contributed by atoms with E-state index in [1.807, 2.05) is 43.3 Å². The number of nitrogens with zero attached hydrogens (tertiary/aromatic N) is 1. The molecule has 0 radical (unpaired) electrons. The molecule has 4 heteroatoms. The summed E-state index contributed by atoms with van der Waals surface area (Å²) < 4.78 is 11.2. The lowest BCUT2D eigenvalue weighted by Gasteiger charge is -2.15. The first kappa shape index (κ1) is 12.7. The summed E-state index contributed by atoms with van der Waals surface area (Å²) in [6.07, 6.45) is 1.58. The summed E-state index contributed by atoms with van der Waals surface area (Å²) in [5.41, 5.74) is 0. The monoisotopic (exact) mass is 263 g/mol. The molecule has 0 amide bonds. The Hall–Kier alpha value is -1.74. The minimum Gasteiger partial charge on any atom is -0.486 e. The maximum atomic E-state index is 6.01. The van der Waals surface area contributed by atoms with Crippen LogP contribution in [0, 0.1) is 0 Å². The molecule has 18 heavy (non-hydrogen) atoms. The van der Waals surface area contributed by atoms with Crippen LogP contribution >= 0.6 is 11.6 Å². The lowest BCUT2D eigenvalue weighted by Crippen LogP contribution is -2.21. The summed E-state index contributed by atoms with van der Waals surface area (Å²) in [6.45, 7) is 2.34. The molecular weight excluding hydrogens is 250 g/mol. The molecule has 1 aromatic carbocycles. The zero-order valence-electron chi connectivity index (χ0n) is 10.0. The molecule has 1 heterocycles. The van der Waals surface area contributed by atoms with Crippen molar-refractivity contribution in [2.24, 2.45) is 0 Å². The molecule has 1 atom stereocenters. The highest BCUT2D eigenvalue weighted by molar-refractivity contribution is 6.32. The van der Waals surface area contributed by atoms with Gasteiger partial charge in [-0.05, 0) is 25.1 Å². The van der Waals surface area contributed by atoms with E-state index >= 15 is 0 Å². The standard InChI is InChI=1S/C14H14ClNO2/c1-11(10-17-14-8-4-5-9-16-14)18-13-7-3-2-6-12(13)15/h2-9,11H,10H2,1H3. The number of ether oxygens (including phenoxy) is 2. The van der Waals surface area contributed by atoms with Gasteiger partial charge in [-0.2, -0.15) is 0 Å². The van der Waals surface area contributed by atoms with Crippen molar-refractivity contribution in [2.45, 2.75) is 13.0 Å². The first-order chi connectivity index (χ1) is 8.75. The number of aromatic nitrogens is 1. The van der Waals surface area contributed by atoms with Crippen LogP contribution < -0.4 is 9.47 Å². The van der Waals surface area contributed by atoms with Crippen molar-refractivity contribution in [1.82, 2.24) is 4.98 Å². The third-order valence-corrected chi connectivity index (χ3v) is 2.58. The molecule has 2 rings (SSSR count). The Morgan fingerprint density at radius 3 is 2.67 bits per heavy atom. The van der Waals surface area contributed by atoms with Crippen LogP contribution in [-0.2, 0) is 0 Å². The van der Waals surface area contributed by atoms with E-state index in [9.17, 15) is 0 Å². The Balaban J connectivity index is 1.86. The van der Waals surface area contributed by atoms with Crippen LogP contribution in [0.25, 0.3) is 0 Å². The van der Waals surface area contributed by atoms with Gasteiger partial charge in [0.15, 0.2) is 0 Å². The van der Waals surface area contributed by atoms with Gasteiger partial charge in [0, 0.05) is 12.3 Å².